The molecule has 4 nitrogen and oxygen atoms in total. The summed E-state index contributed by atoms with van der Waals surface area (Å²) < 4.78 is 20.7. The summed E-state index contributed by atoms with van der Waals surface area (Å²) in [6.07, 6.45) is 1.55. The summed E-state index contributed by atoms with van der Waals surface area (Å²) in [5, 5.41) is 0.377. The van der Waals surface area contributed by atoms with Gasteiger partial charge in [-0.25, -0.2) is 4.39 Å². The maximum Gasteiger partial charge on any atom is 0.200 e. The van der Waals surface area contributed by atoms with Crippen LogP contribution >= 0.6 is 0 Å². The standard InChI is InChI=1S/C24H18FNO3/c1-29-19-10-11-22-20(13-19)24(28)21(23(27)17-7-3-2-4-8-17)15-26(22)14-16-6-5-9-18(25)12-16/h2-13,15H,14H2,1H3. The SMILES string of the molecule is COc1ccc2c(c1)c(=O)c(C(=O)c1ccccc1)cn2Cc1cccc(F)c1. The summed E-state index contributed by atoms with van der Waals surface area (Å²) in [4.78, 5) is 26.1. The average Bonchev–Trinajstić information content (AvgIpc) is 2.75. The van der Waals surface area contributed by atoms with Gasteiger partial charge >= 0.3 is 0 Å². The average molecular weight is 387 g/mol. The van der Waals surface area contributed by atoms with Gasteiger partial charge in [0.25, 0.3) is 0 Å². The monoisotopic (exact) mass is 387 g/mol. The van der Waals surface area contributed by atoms with Gasteiger partial charge in [0.1, 0.15) is 11.6 Å². The molecule has 1 heterocycles. The first kappa shape index (κ1) is 18.6. The molecule has 3 aromatic carbocycles. The van der Waals surface area contributed by atoms with Gasteiger partial charge in [-0.3, -0.25) is 9.59 Å². The Labute approximate surface area is 166 Å². The minimum atomic E-state index is -0.358. The Morgan fingerprint density at radius 3 is 2.52 bits per heavy atom. The van der Waals surface area contributed by atoms with Crippen molar-refractivity contribution < 1.29 is 13.9 Å². The molecular weight excluding hydrogens is 369 g/mol. The number of methoxy groups -OCH3 is 1. The summed E-state index contributed by atoms with van der Waals surface area (Å²) in [5.74, 6) is -0.167. The van der Waals surface area contributed by atoms with Gasteiger partial charge in [0.2, 0.25) is 5.43 Å². The lowest BCUT2D eigenvalue weighted by atomic mass is 10.0. The molecule has 0 spiro atoms. The normalized spacial score (nSPS) is 10.8. The van der Waals surface area contributed by atoms with Crippen LogP contribution in [-0.2, 0) is 6.54 Å². The number of rotatable bonds is 5. The van der Waals surface area contributed by atoms with Gasteiger partial charge in [-0.1, -0.05) is 42.5 Å². The van der Waals surface area contributed by atoms with Crippen molar-refractivity contribution in [3.05, 3.63) is 112 Å². The highest BCUT2D eigenvalue weighted by atomic mass is 19.1. The third-order valence-electron chi connectivity index (χ3n) is 4.81. The molecule has 0 amide bonds. The Morgan fingerprint density at radius 1 is 1.00 bits per heavy atom. The second kappa shape index (κ2) is 7.72. The number of ketones is 1. The minimum Gasteiger partial charge on any atom is -0.497 e. The van der Waals surface area contributed by atoms with Crippen molar-refractivity contribution in [1.29, 1.82) is 0 Å². The van der Waals surface area contributed by atoms with Crippen molar-refractivity contribution in [3.8, 4) is 5.75 Å². The molecule has 4 rings (SSSR count). The molecule has 1 aromatic heterocycles. The number of nitrogens with zero attached hydrogens (tertiary/aromatic N) is 1. The Morgan fingerprint density at radius 2 is 1.79 bits per heavy atom. The molecule has 0 bridgehead atoms. The molecule has 0 saturated heterocycles. The van der Waals surface area contributed by atoms with Gasteiger partial charge in [0.05, 0.1) is 23.6 Å². The van der Waals surface area contributed by atoms with E-state index in [0.717, 1.165) is 5.56 Å². The van der Waals surface area contributed by atoms with Gasteiger partial charge in [0, 0.05) is 18.3 Å². The van der Waals surface area contributed by atoms with Gasteiger partial charge in [-0.2, -0.15) is 0 Å². The van der Waals surface area contributed by atoms with Gasteiger partial charge in [-0.05, 0) is 35.9 Å². The molecular formula is C24H18FNO3. The van der Waals surface area contributed by atoms with Crippen LogP contribution in [0.5, 0.6) is 5.75 Å². The molecule has 4 aromatic rings. The highest BCUT2D eigenvalue weighted by Gasteiger charge is 2.17. The molecule has 0 aliphatic carbocycles. The van der Waals surface area contributed by atoms with Crippen molar-refractivity contribution in [2.75, 3.05) is 7.11 Å². The van der Waals surface area contributed by atoms with Crippen LogP contribution in [0.15, 0.2) is 83.8 Å². The van der Waals surface area contributed by atoms with E-state index in [1.807, 2.05) is 6.07 Å². The Kier molecular flexibility index (Phi) is 4.96. The maximum atomic E-state index is 13.6. The highest BCUT2D eigenvalue weighted by molar-refractivity contribution is 6.10. The largest absolute Gasteiger partial charge is 0.497 e. The maximum absolute atomic E-state index is 13.6. The number of pyridine rings is 1. The van der Waals surface area contributed by atoms with Crippen LogP contribution < -0.4 is 10.2 Å². The number of hydrogen-bond acceptors (Lipinski definition) is 3. The van der Waals surface area contributed by atoms with Crippen molar-refractivity contribution in [2.24, 2.45) is 0 Å². The van der Waals surface area contributed by atoms with E-state index in [1.165, 1.54) is 19.2 Å². The number of benzene rings is 3. The molecule has 0 aliphatic heterocycles. The lowest BCUT2D eigenvalue weighted by Gasteiger charge is -2.14. The quantitative estimate of drug-likeness (QED) is 0.476. The van der Waals surface area contributed by atoms with Crippen LogP contribution in [0, 0.1) is 5.82 Å². The van der Waals surface area contributed by atoms with Crippen molar-refractivity contribution in [1.82, 2.24) is 4.57 Å². The van der Waals surface area contributed by atoms with Gasteiger partial charge in [-0.15, -0.1) is 0 Å². The number of hydrogen-bond donors (Lipinski definition) is 0. The van der Waals surface area contributed by atoms with E-state index in [9.17, 15) is 14.0 Å². The molecule has 29 heavy (non-hydrogen) atoms. The fraction of sp³-hybridized carbons (Fsp3) is 0.0833. The molecule has 0 radical (unpaired) electrons. The van der Waals surface area contributed by atoms with E-state index in [4.69, 9.17) is 4.74 Å². The van der Waals surface area contributed by atoms with Crippen molar-refractivity contribution >= 4 is 16.7 Å². The van der Waals surface area contributed by atoms with Crippen LogP contribution in [0.2, 0.25) is 0 Å². The highest BCUT2D eigenvalue weighted by Crippen LogP contribution is 2.21. The zero-order valence-corrected chi connectivity index (χ0v) is 15.8. The number of ether oxygens (including phenoxy) is 1. The number of halogens is 1. The summed E-state index contributed by atoms with van der Waals surface area (Å²) in [7, 11) is 1.52. The topological polar surface area (TPSA) is 48.3 Å². The molecule has 0 atom stereocenters. The van der Waals surface area contributed by atoms with E-state index in [2.05, 4.69) is 0 Å². The third kappa shape index (κ3) is 3.67. The Hall–Kier alpha value is -3.73. The number of fused-ring (bicyclic) bond motifs is 1. The Balaban J connectivity index is 1.93. The second-order valence-electron chi connectivity index (χ2n) is 6.71. The lowest BCUT2D eigenvalue weighted by Crippen LogP contribution is -2.20. The van der Waals surface area contributed by atoms with E-state index in [0.29, 0.717) is 28.8 Å². The van der Waals surface area contributed by atoms with Crippen LogP contribution in [0.3, 0.4) is 0 Å². The first-order valence-electron chi connectivity index (χ1n) is 9.12. The predicted molar refractivity (Wildman–Crippen MR) is 110 cm³/mol. The molecule has 0 saturated carbocycles. The van der Waals surface area contributed by atoms with Crippen molar-refractivity contribution in [3.63, 3.8) is 0 Å². The molecule has 0 aliphatic rings. The van der Waals surface area contributed by atoms with Crippen LogP contribution in [0.4, 0.5) is 4.39 Å². The predicted octanol–water partition coefficient (Wildman–Crippen LogP) is 4.43. The van der Waals surface area contributed by atoms with E-state index < -0.39 is 0 Å². The molecule has 0 unspecified atom stereocenters. The summed E-state index contributed by atoms with van der Waals surface area (Å²) in [6.45, 7) is 0.315. The van der Waals surface area contributed by atoms with E-state index >= 15 is 0 Å². The molecule has 144 valence electrons. The number of aromatic nitrogens is 1. The first-order valence-corrected chi connectivity index (χ1v) is 9.12. The summed E-state index contributed by atoms with van der Waals surface area (Å²) >= 11 is 0. The van der Waals surface area contributed by atoms with E-state index in [-0.39, 0.29) is 22.6 Å². The van der Waals surface area contributed by atoms with Crippen LogP contribution in [0.25, 0.3) is 10.9 Å². The zero-order valence-electron chi connectivity index (χ0n) is 15.8. The smallest absolute Gasteiger partial charge is 0.200 e. The minimum absolute atomic E-state index is 0.0633. The lowest BCUT2D eigenvalue weighted by molar-refractivity contribution is 0.103. The second-order valence-corrected chi connectivity index (χ2v) is 6.71. The zero-order chi connectivity index (χ0) is 20.4. The van der Waals surface area contributed by atoms with Gasteiger partial charge in [0.15, 0.2) is 5.78 Å². The van der Waals surface area contributed by atoms with Crippen LogP contribution in [0.1, 0.15) is 21.5 Å². The van der Waals surface area contributed by atoms with Crippen LogP contribution in [-0.4, -0.2) is 17.5 Å². The summed E-state index contributed by atoms with van der Waals surface area (Å²) in [6, 6.07) is 20.1. The first-order chi connectivity index (χ1) is 14.1. The third-order valence-corrected chi connectivity index (χ3v) is 4.81. The molecule has 5 heteroatoms. The molecule has 0 fully saturated rings. The number of carbonyl (C=O) groups is 1. The molecule has 0 N–H and O–H groups in total. The fourth-order valence-electron chi connectivity index (χ4n) is 3.37. The van der Waals surface area contributed by atoms with Crippen molar-refractivity contribution in [2.45, 2.75) is 6.54 Å². The summed E-state index contributed by atoms with van der Waals surface area (Å²) in [5.41, 5.74) is 1.51. The Bertz CT molecular complexity index is 1260. The number of carbonyl (C=O) groups excluding carboxylic acids is 1. The van der Waals surface area contributed by atoms with Gasteiger partial charge < -0.3 is 9.30 Å². The van der Waals surface area contributed by atoms with E-state index in [1.54, 1.807) is 65.4 Å². The fourth-order valence-corrected chi connectivity index (χ4v) is 3.37.